The molecule has 1 saturated heterocycles. The fraction of sp³-hybridized carbons (Fsp3) is 0.381. The summed E-state index contributed by atoms with van der Waals surface area (Å²) in [7, 11) is 0. The summed E-state index contributed by atoms with van der Waals surface area (Å²) in [4.78, 5) is 32.7. The number of nitrogens with zero attached hydrogens (tertiary/aromatic N) is 4. The molecule has 7 nitrogen and oxygen atoms in total. The summed E-state index contributed by atoms with van der Waals surface area (Å²) in [5.74, 6) is -0.166. The van der Waals surface area contributed by atoms with E-state index in [1.54, 1.807) is 5.51 Å². The minimum absolute atomic E-state index is 0.00370. The number of aromatic nitrogens is 3. The average molecular weight is 442 g/mol. The minimum Gasteiger partial charge on any atom is -0.338 e. The van der Waals surface area contributed by atoms with Crippen LogP contribution in [0.1, 0.15) is 39.3 Å². The van der Waals surface area contributed by atoms with E-state index in [0.29, 0.717) is 35.9 Å². The van der Waals surface area contributed by atoms with Crippen molar-refractivity contribution in [1.82, 2.24) is 20.1 Å². The molecule has 1 fully saturated rings. The number of benzene rings is 1. The lowest BCUT2D eigenvalue weighted by molar-refractivity contribution is -0.121. The molecule has 9 heteroatoms. The maximum Gasteiger partial charge on any atom is 0.265 e. The molecule has 4 rings (SSSR count). The maximum absolute atomic E-state index is 13.1. The highest BCUT2D eigenvalue weighted by atomic mass is 32.1. The molecular weight excluding hydrogens is 418 g/mol. The summed E-state index contributed by atoms with van der Waals surface area (Å²) in [5.41, 5.74) is 5.78. The van der Waals surface area contributed by atoms with Gasteiger partial charge in [0.2, 0.25) is 11.0 Å². The zero-order valence-electron chi connectivity index (χ0n) is 17.1. The minimum atomic E-state index is -0.119. The van der Waals surface area contributed by atoms with E-state index < -0.39 is 0 Å². The van der Waals surface area contributed by atoms with Crippen molar-refractivity contribution in [3.05, 3.63) is 45.4 Å². The zero-order valence-corrected chi connectivity index (χ0v) is 18.8. The molecule has 30 heavy (non-hydrogen) atoms. The molecule has 0 radical (unpaired) electrons. The molecule has 0 aliphatic carbocycles. The van der Waals surface area contributed by atoms with E-state index in [-0.39, 0.29) is 17.7 Å². The zero-order chi connectivity index (χ0) is 21.3. The number of amides is 2. The lowest BCUT2D eigenvalue weighted by Crippen LogP contribution is -2.41. The van der Waals surface area contributed by atoms with Gasteiger partial charge in [0.15, 0.2) is 0 Å². The predicted molar refractivity (Wildman–Crippen MR) is 119 cm³/mol. The quantitative estimate of drug-likeness (QED) is 0.659. The highest BCUT2D eigenvalue weighted by Crippen LogP contribution is 2.32. The van der Waals surface area contributed by atoms with Gasteiger partial charge in [-0.3, -0.25) is 9.59 Å². The van der Waals surface area contributed by atoms with Crippen LogP contribution in [-0.4, -0.2) is 45.0 Å². The van der Waals surface area contributed by atoms with E-state index in [9.17, 15) is 9.59 Å². The second kappa shape index (κ2) is 8.61. The van der Waals surface area contributed by atoms with Crippen molar-refractivity contribution >= 4 is 39.6 Å². The van der Waals surface area contributed by atoms with Crippen LogP contribution in [0.2, 0.25) is 0 Å². The molecule has 0 saturated carbocycles. The largest absolute Gasteiger partial charge is 0.338 e. The average Bonchev–Trinajstić information content (AvgIpc) is 3.37. The molecule has 0 spiro atoms. The van der Waals surface area contributed by atoms with Crippen LogP contribution < -0.4 is 5.32 Å². The Morgan fingerprint density at radius 1 is 1.17 bits per heavy atom. The van der Waals surface area contributed by atoms with Gasteiger partial charge < -0.3 is 10.2 Å². The smallest absolute Gasteiger partial charge is 0.265 e. The third kappa shape index (κ3) is 4.27. The third-order valence-corrected chi connectivity index (χ3v) is 7.13. The number of rotatable bonds is 4. The van der Waals surface area contributed by atoms with Crippen molar-refractivity contribution in [2.45, 2.75) is 33.6 Å². The number of aryl methyl sites for hydroxylation is 3. The van der Waals surface area contributed by atoms with Crippen LogP contribution in [0.15, 0.2) is 23.7 Å². The number of hydrogen-bond donors (Lipinski definition) is 1. The van der Waals surface area contributed by atoms with Crippen molar-refractivity contribution in [3.8, 4) is 10.6 Å². The Balaban J connectivity index is 1.42. The molecule has 0 unspecified atom stereocenters. The fourth-order valence-corrected chi connectivity index (χ4v) is 5.26. The Hall–Kier alpha value is -2.65. The molecule has 0 atom stereocenters. The molecule has 0 bridgehead atoms. The van der Waals surface area contributed by atoms with Crippen LogP contribution in [0.25, 0.3) is 10.6 Å². The Labute approximate surface area is 183 Å². The second-order valence-corrected chi connectivity index (χ2v) is 9.38. The number of thiazole rings is 1. The van der Waals surface area contributed by atoms with Crippen LogP contribution in [-0.2, 0) is 4.79 Å². The van der Waals surface area contributed by atoms with Gasteiger partial charge in [0.05, 0.1) is 5.69 Å². The van der Waals surface area contributed by atoms with E-state index in [1.807, 2.05) is 11.8 Å². The summed E-state index contributed by atoms with van der Waals surface area (Å²) in [5, 5.41) is 11.8. The number of nitrogens with one attached hydrogen (secondary N) is 1. The van der Waals surface area contributed by atoms with Gasteiger partial charge in [-0.2, -0.15) is 0 Å². The first-order chi connectivity index (χ1) is 14.4. The highest BCUT2D eigenvalue weighted by molar-refractivity contribution is 7.17. The summed E-state index contributed by atoms with van der Waals surface area (Å²) >= 11 is 2.75. The predicted octanol–water partition coefficient (Wildman–Crippen LogP) is 4.08. The molecule has 1 aliphatic heterocycles. The molecule has 3 aromatic rings. The van der Waals surface area contributed by atoms with Crippen LogP contribution in [0.5, 0.6) is 0 Å². The SMILES string of the molecule is Cc1ccc(-c2nc(C)c(C(=O)N3CCC(C(=O)Nc4nncs4)CC3)s2)c(C)c1. The first kappa shape index (κ1) is 20.6. The lowest BCUT2D eigenvalue weighted by atomic mass is 9.96. The summed E-state index contributed by atoms with van der Waals surface area (Å²) in [6.45, 7) is 7.14. The van der Waals surface area contributed by atoms with Crippen molar-refractivity contribution < 1.29 is 9.59 Å². The van der Waals surface area contributed by atoms with E-state index in [4.69, 9.17) is 0 Å². The molecule has 156 valence electrons. The maximum atomic E-state index is 13.1. The Morgan fingerprint density at radius 3 is 2.60 bits per heavy atom. The van der Waals surface area contributed by atoms with Gasteiger partial charge in [-0.25, -0.2) is 4.98 Å². The monoisotopic (exact) mass is 441 g/mol. The third-order valence-electron chi connectivity index (χ3n) is 5.35. The lowest BCUT2D eigenvalue weighted by Gasteiger charge is -2.30. The number of hydrogen-bond acceptors (Lipinski definition) is 7. The summed E-state index contributed by atoms with van der Waals surface area (Å²) < 4.78 is 0. The molecule has 1 aliphatic rings. The van der Waals surface area contributed by atoms with Gasteiger partial charge >= 0.3 is 0 Å². The van der Waals surface area contributed by atoms with Crippen molar-refractivity contribution in [3.63, 3.8) is 0 Å². The molecule has 2 aromatic heterocycles. The molecule has 1 aromatic carbocycles. The van der Waals surface area contributed by atoms with E-state index in [0.717, 1.165) is 21.8 Å². The number of piperidine rings is 1. The summed E-state index contributed by atoms with van der Waals surface area (Å²) in [6.07, 6.45) is 1.27. The van der Waals surface area contributed by atoms with Gasteiger partial charge in [0.25, 0.3) is 5.91 Å². The normalized spacial score (nSPS) is 14.7. The molecule has 1 N–H and O–H groups in total. The topological polar surface area (TPSA) is 88.1 Å². The van der Waals surface area contributed by atoms with Gasteiger partial charge in [0, 0.05) is 24.6 Å². The van der Waals surface area contributed by atoms with Crippen LogP contribution in [0.3, 0.4) is 0 Å². The van der Waals surface area contributed by atoms with Crippen LogP contribution >= 0.6 is 22.7 Å². The van der Waals surface area contributed by atoms with Crippen molar-refractivity contribution in [1.29, 1.82) is 0 Å². The Bertz CT molecular complexity index is 1070. The number of anilines is 1. The second-order valence-electron chi connectivity index (χ2n) is 7.55. The van der Waals surface area contributed by atoms with Crippen LogP contribution in [0, 0.1) is 26.7 Å². The highest BCUT2D eigenvalue weighted by Gasteiger charge is 2.30. The van der Waals surface area contributed by atoms with Crippen molar-refractivity contribution in [2.24, 2.45) is 5.92 Å². The van der Waals surface area contributed by atoms with E-state index >= 15 is 0 Å². The van der Waals surface area contributed by atoms with Gasteiger partial charge in [-0.05, 0) is 39.2 Å². The molecule has 2 amide bonds. The van der Waals surface area contributed by atoms with E-state index in [2.05, 4.69) is 52.5 Å². The fourth-order valence-electron chi connectivity index (χ4n) is 3.69. The summed E-state index contributed by atoms with van der Waals surface area (Å²) in [6, 6.07) is 6.27. The van der Waals surface area contributed by atoms with Crippen LogP contribution in [0.4, 0.5) is 5.13 Å². The van der Waals surface area contributed by atoms with Gasteiger partial charge in [-0.15, -0.1) is 21.5 Å². The number of carbonyl (C=O) groups excluding carboxylic acids is 2. The number of carbonyl (C=O) groups is 2. The Morgan fingerprint density at radius 2 is 1.93 bits per heavy atom. The first-order valence-corrected chi connectivity index (χ1v) is 11.5. The standard InChI is InChI=1S/C21H23N5O2S2/c1-12-4-5-16(13(2)10-12)19-23-14(3)17(30-19)20(28)26-8-6-15(7-9-26)18(27)24-21-25-22-11-29-21/h4-5,10-11,15H,6-9H2,1-3H3,(H,24,25,27). The van der Waals surface area contributed by atoms with Gasteiger partial charge in [-0.1, -0.05) is 35.1 Å². The number of likely N-dealkylation sites (tertiary alicyclic amines) is 1. The molecule has 3 heterocycles. The van der Waals surface area contributed by atoms with E-state index in [1.165, 1.54) is 28.2 Å². The van der Waals surface area contributed by atoms with Crippen molar-refractivity contribution in [2.75, 3.05) is 18.4 Å². The molecular formula is C21H23N5O2S2. The Kier molecular flexibility index (Phi) is 5.92. The first-order valence-electron chi connectivity index (χ1n) is 9.83. The van der Waals surface area contributed by atoms with Gasteiger partial charge in [0.1, 0.15) is 15.4 Å².